The number of amides is 1. The van der Waals surface area contributed by atoms with E-state index in [-0.39, 0.29) is 17.9 Å². The lowest BCUT2D eigenvalue weighted by molar-refractivity contribution is -0.140. The number of nitrogens with zero attached hydrogens (tertiary/aromatic N) is 1. The van der Waals surface area contributed by atoms with E-state index in [9.17, 15) is 14.7 Å². The number of hydrogen-bond acceptors (Lipinski definition) is 6. The van der Waals surface area contributed by atoms with Gasteiger partial charge in [0.25, 0.3) is 11.7 Å². The van der Waals surface area contributed by atoms with Crippen molar-refractivity contribution in [1.82, 2.24) is 4.90 Å². The molecule has 0 aliphatic carbocycles. The number of methoxy groups -OCH3 is 2. The van der Waals surface area contributed by atoms with Crippen LogP contribution in [0.15, 0.2) is 75.3 Å². The minimum absolute atomic E-state index is 0.00361. The molecule has 0 radical (unpaired) electrons. The second kappa shape index (κ2) is 8.92. The van der Waals surface area contributed by atoms with Gasteiger partial charge in [-0.15, -0.1) is 0 Å². The SMILES string of the molecule is COc1ccc(C2/C(=C(/O)c3ccc(Br)cc3)C(=O)C(=O)N2Cc2ccco2)cc1OC. The second-order valence-electron chi connectivity index (χ2n) is 7.13. The van der Waals surface area contributed by atoms with Crippen molar-refractivity contribution in [2.24, 2.45) is 0 Å². The highest BCUT2D eigenvalue weighted by Gasteiger charge is 2.46. The lowest BCUT2D eigenvalue weighted by atomic mass is 9.95. The third kappa shape index (κ3) is 3.89. The third-order valence-corrected chi connectivity index (χ3v) is 5.82. The van der Waals surface area contributed by atoms with Crippen molar-refractivity contribution in [3.8, 4) is 11.5 Å². The van der Waals surface area contributed by atoms with Gasteiger partial charge in [0.15, 0.2) is 11.5 Å². The maximum atomic E-state index is 13.1. The predicted molar refractivity (Wildman–Crippen MR) is 120 cm³/mol. The van der Waals surface area contributed by atoms with E-state index < -0.39 is 17.7 Å². The highest BCUT2D eigenvalue weighted by molar-refractivity contribution is 9.10. The average Bonchev–Trinajstić information content (AvgIpc) is 3.41. The van der Waals surface area contributed by atoms with Crippen molar-refractivity contribution in [1.29, 1.82) is 0 Å². The van der Waals surface area contributed by atoms with Crippen molar-refractivity contribution in [3.63, 3.8) is 0 Å². The van der Waals surface area contributed by atoms with Gasteiger partial charge in [-0.05, 0) is 42.0 Å². The first-order valence-corrected chi connectivity index (χ1v) is 10.5. The van der Waals surface area contributed by atoms with Gasteiger partial charge in [0.2, 0.25) is 0 Å². The zero-order chi connectivity index (χ0) is 22.8. The van der Waals surface area contributed by atoms with Crippen LogP contribution in [0.2, 0.25) is 0 Å². The molecule has 1 aliphatic rings. The van der Waals surface area contributed by atoms with E-state index in [2.05, 4.69) is 15.9 Å². The summed E-state index contributed by atoms with van der Waals surface area (Å²) in [7, 11) is 3.03. The lowest BCUT2D eigenvalue weighted by Gasteiger charge is -2.25. The summed E-state index contributed by atoms with van der Waals surface area (Å²) in [4.78, 5) is 27.5. The van der Waals surface area contributed by atoms with Crippen LogP contribution in [0, 0.1) is 0 Å². The molecular formula is C24H20BrNO6. The number of carbonyl (C=O) groups is 2. The van der Waals surface area contributed by atoms with E-state index in [1.165, 1.54) is 25.4 Å². The molecule has 0 bridgehead atoms. The minimum Gasteiger partial charge on any atom is -0.507 e. The van der Waals surface area contributed by atoms with Gasteiger partial charge in [-0.2, -0.15) is 0 Å². The fourth-order valence-corrected chi connectivity index (χ4v) is 4.01. The largest absolute Gasteiger partial charge is 0.507 e. The topological polar surface area (TPSA) is 89.2 Å². The molecule has 1 aromatic heterocycles. The number of hydrogen-bond donors (Lipinski definition) is 1. The van der Waals surface area contributed by atoms with E-state index in [1.807, 2.05) is 0 Å². The number of rotatable bonds is 6. The molecule has 32 heavy (non-hydrogen) atoms. The first kappa shape index (κ1) is 21.7. The van der Waals surface area contributed by atoms with Crippen LogP contribution in [0.4, 0.5) is 0 Å². The molecule has 8 heteroatoms. The summed E-state index contributed by atoms with van der Waals surface area (Å²) in [5.74, 6) is -0.278. The molecule has 0 saturated carbocycles. The van der Waals surface area contributed by atoms with Crippen molar-refractivity contribution in [2.75, 3.05) is 14.2 Å². The molecule has 2 heterocycles. The number of halogens is 1. The molecular weight excluding hydrogens is 478 g/mol. The highest BCUT2D eigenvalue weighted by Crippen LogP contribution is 2.42. The molecule has 1 unspecified atom stereocenters. The van der Waals surface area contributed by atoms with Crippen molar-refractivity contribution in [3.05, 3.63) is 87.8 Å². The van der Waals surface area contributed by atoms with Gasteiger partial charge < -0.3 is 23.9 Å². The second-order valence-corrected chi connectivity index (χ2v) is 8.04. The maximum absolute atomic E-state index is 13.1. The Balaban J connectivity index is 1.89. The number of furan rings is 1. The molecule has 1 atom stereocenters. The molecule has 2 aromatic carbocycles. The summed E-state index contributed by atoms with van der Waals surface area (Å²) in [6, 6.07) is 14.6. The molecule has 7 nitrogen and oxygen atoms in total. The van der Waals surface area contributed by atoms with Crippen LogP contribution in [0.3, 0.4) is 0 Å². The zero-order valence-electron chi connectivity index (χ0n) is 17.4. The number of ether oxygens (including phenoxy) is 2. The molecule has 1 fully saturated rings. The number of aliphatic hydroxyl groups is 1. The molecule has 1 saturated heterocycles. The van der Waals surface area contributed by atoms with Crippen molar-refractivity contribution < 1.29 is 28.6 Å². The normalized spacial score (nSPS) is 17.6. The van der Waals surface area contributed by atoms with Gasteiger partial charge in [-0.25, -0.2) is 0 Å². The van der Waals surface area contributed by atoms with Crippen LogP contribution in [-0.4, -0.2) is 35.9 Å². The molecule has 1 aliphatic heterocycles. The van der Waals surface area contributed by atoms with Crippen molar-refractivity contribution >= 4 is 33.4 Å². The highest BCUT2D eigenvalue weighted by atomic mass is 79.9. The maximum Gasteiger partial charge on any atom is 0.296 e. The Morgan fingerprint density at radius 1 is 1.06 bits per heavy atom. The molecule has 0 spiro atoms. The van der Waals surface area contributed by atoms with Gasteiger partial charge in [0, 0.05) is 10.0 Å². The van der Waals surface area contributed by atoms with Gasteiger partial charge >= 0.3 is 0 Å². The molecule has 1 N–H and O–H groups in total. The van der Waals surface area contributed by atoms with E-state index in [4.69, 9.17) is 13.9 Å². The van der Waals surface area contributed by atoms with Crippen molar-refractivity contribution in [2.45, 2.75) is 12.6 Å². The minimum atomic E-state index is -0.844. The quantitative estimate of drug-likeness (QED) is 0.302. The first-order chi connectivity index (χ1) is 15.4. The first-order valence-electron chi connectivity index (χ1n) is 9.73. The molecule has 1 amide bonds. The van der Waals surface area contributed by atoms with E-state index in [0.29, 0.717) is 28.4 Å². The number of likely N-dealkylation sites (tertiary alicyclic amines) is 1. The van der Waals surface area contributed by atoms with Crippen LogP contribution < -0.4 is 9.47 Å². The Morgan fingerprint density at radius 3 is 2.41 bits per heavy atom. The number of ketones is 1. The fraction of sp³-hybridized carbons (Fsp3) is 0.167. The number of aliphatic hydroxyl groups excluding tert-OH is 1. The van der Waals surface area contributed by atoms with Gasteiger partial charge in [0.1, 0.15) is 11.5 Å². The summed E-state index contributed by atoms with van der Waals surface area (Å²) in [6.45, 7) is 0.0632. The predicted octanol–water partition coefficient (Wildman–Crippen LogP) is 4.68. The van der Waals surface area contributed by atoms with Crippen LogP contribution in [0.5, 0.6) is 11.5 Å². The molecule has 4 rings (SSSR count). The molecule has 164 valence electrons. The van der Waals surface area contributed by atoms with Crippen LogP contribution in [0.1, 0.15) is 22.9 Å². The zero-order valence-corrected chi connectivity index (χ0v) is 19.0. The summed E-state index contributed by atoms with van der Waals surface area (Å²) < 4.78 is 16.9. The van der Waals surface area contributed by atoms with E-state index in [0.717, 1.165) is 4.47 Å². The lowest BCUT2D eigenvalue weighted by Crippen LogP contribution is -2.29. The van der Waals surface area contributed by atoms with Crippen LogP contribution in [0.25, 0.3) is 5.76 Å². The molecule has 3 aromatic rings. The van der Waals surface area contributed by atoms with Crippen LogP contribution in [-0.2, 0) is 16.1 Å². The van der Waals surface area contributed by atoms with Gasteiger partial charge in [0.05, 0.1) is 38.6 Å². The Hall–Kier alpha value is -3.52. The Morgan fingerprint density at radius 2 is 1.78 bits per heavy atom. The standard InChI is InChI=1S/C24H20BrNO6/c1-30-18-10-7-15(12-19(18)31-2)21-20(22(27)14-5-8-16(25)9-6-14)23(28)24(29)26(21)13-17-4-3-11-32-17/h3-12,21,27H,13H2,1-2H3/b22-20-. The van der Waals surface area contributed by atoms with E-state index in [1.54, 1.807) is 54.6 Å². The number of carbonyl (C=O) groups excluding carboxylic acids is 2. The van der Waals surface area contributed by atoms with Gasteiger partial charge in [-0.3, -0.25) is 9.59 Å². The van der Waals surface area contributed by atoms with Crippen LogP contribution >= 0.6 is 15.9 Å². The Bertz CT molecular complexity index is 1180. The summed E-state index contributed by atoms with van der Waals surface area (Å²) in [6.07, 6.45) is 1.50. The smallest absolute Gasteiger partial charge is 0.296 e. The number of benzene rings is 2. The number of Topliss-reactive ketones (excluding diaryl/α,β-unsaturated/α-hetero) is 1. The summed E-state index contributed by atoms with van der Waals surface area (Å²) in [5, 5.41) is 11.1. The van der Waals surface area contributed by atoms with Gasteiger partial charge in [-0.1, -0.05) is 34.1 Å². The fourth-order valence-electron chi connectivity index (χ4n) is 3.75. The van der Waals surface area contributed by atoms with E-state index >= 15 is 0 Å². The summed E-state index contributed by atoms with van der Waals surface area (Å²) >= 11 is 3.36. The third-order valence-electron chi connectivity index (χ3n) is 5.29. The Kier molecular flexibility index (Phi) is 6.05. The average molecular weight is 498 g/mol. The summed E-state index contributed by atoms with van der Waals surface area (Å²) in [5.41, 5.74) is 1.01. The monoisotopic (exact) mass is 497 g/mol. The Labute approximate surface area is 193 Å².